The van der Waals surface area contributed by atoms with Crippen molar-refractivity contribution in [2.75, 3.05) is 14.1 Å². The largest absolute Gasteiger partial charge is 0.301 e. The average molecular weight is 485 g/mol. The molecule has 0 aliphatic heterocycles. The second-order valence-corrected chi connectivity index (χ2v) is 11.4. The summed E-state index contributed by atoms with van der Waals surface area (Å²) in [7, 11) is 4.19. The molecule has 0 amide bonds. The molecular formula is C25H37NPRh. The Labute approximate surface area is 189 Å². The molecule has 0 aromatic heterocycles. The molecule has 0 aromatic rings. The normalized spacial score (nSPS) is 23.4. The van der Waals surface area contributed by atoms with Gasteiger partial charge in [-0.05, 0) is 57.5 Å². The first-order valence-corrected chi connectivity index (χ1v) is 11.9. The van der Waals surface area contributed by atoms with Crippen LogP contribution in [0.2, 0.25) is 0 Å². The summed E-state index contributed by atoms with van der Waals surface area (Å²) in [5.74, 6) is 2.84. The van der Waals surface area contributed by atoms with Crippen molar-refractivity contribution in [3.63, 3.8) is 0 Å². The number of fused-ring (bicyclic) bond motifs is 1. The van der Waals surface area contributed by atoms with Gasteiger partial charge in [0.2, 0.25) is 0 Å². The minimum absolute atomic E-state index is 0. The first kappa shape index (κ1) is 26.0. The van der Waals surface area contributed by atoms with Crippen molar-refractivity contribution in [2.24, 2.45) is 0 Å². The minimum Gasteiger partial charge on any atom is -0.301 e. The molecule has 1 saturated carbocycles. The molecule has 1 fully saturated rings. The Kier molecular flexibility index (Phi) is 12.4. The summed E-state index contributed by atoms with van der Waals surface area (Å²) in [6.45, 7) is 9.47. The van der Waals surface area contributed by atoms with E-state index in [4.69, 9.17) is 0 Å². The molecule has 3 aliphatic carbocycles. The van der Waals surface area contributed by atoms with E-state index in [0.29, 0.717) is 0 Å². The molecule has 1 nitrogen and oxygen atoms in total. The summed E-state index contributed by atoms with van der Waals surface area (Å²) in [5.41, 5.74) is 3.04. The molecule has 0 heterocycles. The number of rotatable bonds is 4. The minimum atomic E-state index is -0.131. The monoisotopic (exact) mass is 485 g/mol. The first-order valence-electron chi connectivity index (χ1n) is 10.4. The zero-order chi connectivity index (χ0) is 19.8. The van der Waals surface area contributed by atoms with Crippen LogP contribution in [0.3, 0.4) is 0 Å². The molecule has 28 heavy (non-hydrogen) atoms. The molecule has 0 aromatic carbocycles. The van der Waals surface area contributed by atoms with Gasteiger partial charge in [0.1, 0.15) is 0 Å². The van der Waals surface area contributed by atoms with Crippen LogP contribution in [0, 0.1) is 30.0 Å². The van der Waals surface area contributed by atoms with Gasteiger partial charge in [0.05, 0.1) is 6.04 Å². The molecule has 0 atom stereocenters. The van der Waals surface area contributed by atoms with Gasteiger partial charge in [-0.1, -0.05) is 84.2 Å². The average Bonchev–Trinajstić information content (AvgIpc) is 2.94. The predicted octanol–water partition coefficient (Wildman–Crippen LogP) is 7.07. The molecule has 0 saturated heterocycles. The Morgan fingerprint density at radius 2 is 1.25 bits per heavy atom. The van der Waals surface area contributed by atoms with Crippen molar-refractivity contribution in [3.05, 3.63) is 78.6 Å². The van der Waals surface area contributed by atoms with Crippen molar-refractivity contribution in [3.8, 4) is 0 Å². The van der Waals surface area contributed by atoms with E-state index in [1.807, 2.05) is 0 Å². The summed E-state index contributed by atoms with van der Waals surface area (Å²) < 4.78 is 0. The quantitative estimate of drug-likeness (QED) is 0.234. The van der Waals surface area contributed by atoms with Crippen molar-refractivity contribution in [1.29, 1.82) is 0 Å². The van der Waals surface area contributed by atoms with E-state index in [9.17, 15) is 0 Å². The maximum Gasteiger partial charge on any atom is 0.0556 e. The van der Waals surface area contributed by atoms with E-state index in [0.717, 1.165) is 11.3 Å². The van der Waals surface area contributed by atoms with Gasteiger partial charge < -0.3 is 4.90 Å². The molecule has 0 bridgehead atoms. The Morgan fingerprint density at radius 3 is 1.68 bits per heavy atom. The van der Waals surface area contributed by atoms with Crippen LogP contribution in [0.1, 0.15) is 53.4 Å². The smallest absolute Gasteiger partial charge is 0.0556 e. The van der Waals surface area contributed by atoms with Gasteiger partial charge >= 0.3 is 0 Å². The summed E-state index contributed by atoms with van der Waals surface area (Å²) in [6.07, 6.45) is 25.2. The second-order valence-electron chi connectivity index (χ2n) is 8.05. The summed E-state index contributed by atoms with van der Waals surface area (Å²) >= 11 is 0. The van der Waals surface area contributed by atoms with Gasteiger partial charge in [0.15, 0.2) is 0 Å². The summed E-state index contributed by atoms with van der Waals surface area (Å²) in [4.78, 5) is 2.27. The molecule has 0 unspecified atom stereocenters. The zero-order valence-corrected chi connectivity index (χ0v) is 20.9. The number of nitrogens with zero attached hydrogens (tertiary/aromatic N) is 1. The van der Waals surface area contributed by atoms with Gasteiger partial charge in [-0.15, -0.1) is 0 Å². The van der Waals surface area contributed by atoms with E-state index in [-0.39, 0.29) is 27.4 Å². The number of hydrogen-bond acceptors (Lipinski definition) is 1. The zero-order valence-electron chi connectivity index (χ0n) is 18.4. The van der Waals surface area contributed by atoms with E-state index in [1.165, 1.54) is 43.6 Å². The number of allylic oxidation sites excluding steroid dienone is 8. The molecule has 156 valence electrons. The Bertz CT molecular complexity index is 513. The fourth-order valence-electron chi connectivity index (χ4n) is 3.77. The molecular weight excluding hydrogens is 448 g/mol. The summed E-state index contributed by atoms with van der Waals surface area (Å²) in [5, 5.41) is 0. The molecule has 3 aliphatic rings. The molecule has 0 spiro atoms. The Balaban J connectivity index is 0.000000367. The van der Waals surface area contributed by atoms with Crippen molar-refractivity contribution in [2.45, 2.75) is 64.7 Å². The second kappa shape index (κ2) is 13.3. The van der Waals surface area contributed by atoms with Crippen molar-refractivity contribution in [1.82, 2.24) is 4.90 Å². The maximum atomic E-state index is 2.37. The van der Waals surface area contributed by atoms with Crippen molar-refractivity contribution < 1.29 is 19.5 Å². The van der Waals surface area contributed by atoms with Gasteiger partial charge in [0.25, 0.3) is 0 Å². The fraction of sp³-hybridized carbons (Fsp3) is 0.480. The van der Waals surface area contributed by atoms with Crippen LogP contribution in [0.4, 0.5) is 0 Å². The molecule has 3 rings (SSSR count). The number of hydrogen-bond donors (Lipinski definition) is 0. The van der Waals surface area contributed by atoms with Crippen LogP contribution in [-0.2, 0) is 19.5 Å². The van der Waals surface area contributed by atoms with Gasteiger partial charge in [0, 0.05) is 37.0 Å². The third-order valence-corrected chi connectivity index (χ3v) is 8.15. The van der Waals surface area contributed by atoms with Crippen LogP contribution in [0.15, 0.2) is 48.6 Å². The van der Waals surface area contributed by atoms with Crippen LogP contribution >= 0.6 is 7.92 Å². The van der Waals surface area contributed by atoms with E-state index < -0.39 is 0 Å². The van der Waals surface area contributed by atoms with E-state index >= 15 is 0 Å². The first-order chi connectivity index (χ1) is 12.9. The summed E-state index contributed by atoms with van der Waals surface area (Å²) in [6, 6.07) is 1.41. The molecule has 6 radical (unpaired) electrons. The third kappa shape index (κ3) is 7.34. The molecule has 0 N–H and O–H groups in total. The predicted molar refractivity (Wildman–Crippen MR) is 123 cm³/mol. The third-order valence-electron chi connectivity index (χ3n) is 4.94. The van der Waals surface area contributed by atoms with Crippen molar-refractivity contribution >= 4 is 7.92 Å². The fourth-order valence-corrected chi connectivity index (χ4v) is 7.01. The van der Waals surface area contributed by atoms with Gasteiger partial charge in [-0.2, -0.15) is 0 Å². The van der Waals surface area contributed by atoms with Crippen LogP contribution in [0.5, 0.6) is 0 Å². The Hall–Kier alpha value is -0.0266. The SMILES string of the molecule is C1=C\CC/C=C\CC/1.CC(C)P([C]1[C]2C=CC=C[C]2[CH][C]1N(C)C)C(C)C.[Rh]. The standard InChI is InChI=1S/C17H25NP.C8H12.Rh/c1-12(2)19(13(3)4)17-15-10-8-7-9-14(15)11-16(17)18(5)6;1-2-4-6-8-7-5-3-1;/h7-13H,1-6H3;1-2,7-8H,3-6H2;/b;2-1-,8-7-;. The van der Waals surface area contributed by atoms with Gasteiger partial charge in [-0.25, -0.2) is 0 Å². The van der Waals surface area contributed by atoms with E-state index in [1.54, 1.807) is 5.66 Å². The van der Waals surface area contributed by atoms with Crippen LogP contribution in [-0.4, -0.2) is 30.3 Å². The topological polar surface area (TPSA) is 3.24 Å². The van der Waals surface area contributed by atoms with E-state index in [2.05, 4.69) is 102 Å². The maximum absolute atomic E-state index is 2.37. The Morgan fingerprint density at radius 1 is 0.786 bits per heavy atom. The van der Waals surface area contributed by atoms with Crippen LogP contribution in [0.25, 0.3) is 0 Å². The van der Waals surface area contributed by atoms with Crippen LogP contribution < -0.4 is 0 Å². The van der Waals surface area contributed by atoms with Gasteiger partial charge in [-0.3, -0.25) is 0 Å². The molecule has 3 heteroatoms.